The number of methoxy groups -OCH3 is 2. The van der Waals surface area contributed by atoms with Gasteiger partial charge in [-0.25, -0.2) is 0 Å². The molecule has 0 atom stereocenters. The van der Waals surface area contributed by atoms with Crippen molar-refractivity contribution in [2.75, 3.05) is 40.6 Å². The maximum atomic E-state index is 5.86. The standard InChI is InChI=1S/C14H30O4Si/c1-15-9-11-17-19(18-12-10-16-2)13-8-14-6-4-3-5-7-14/h14,19H,3-13H2,1-2H3. The predicted molar refractivity (Wildman–Crippen MR) is 78.8 cm³/mol. The molecule has 0 bridgehead atoms. The minimum Gasteiger partial charge on any atom is -0.394 e. The van der Waals surface area contributed by atoms with Crippen LogP contribution in [0.2, 0.25) is 6.04 Å². The van der Waals surface area contributed by atoms with Crippen LogP contribution in [0.15, 0.2) is 0 Å². The SMILES string of the molecule is COCCO[SiH](CCC1CCCCC1)OCCOC. The van der Waals surface area contributed by atoms with Crippen LogP contribution < -0.4 is 0 Å². The molecule has 1 saturated carbocycles. The summed E-state index contributed by atoms with van der Waals surface area (Å²) in [6, 6.07) is 1.12. The van der Waals surface area contributed by atoms with Gasteiger partial charge in [0.1, 0.15) is 0 Å². The molecule has 0 unspecified atom stereocenters. The number of rotatable bonds is 11. The molecule has 19 heavy (non-hydrogen) atoms. The van der Waals surface area contributed by atoms with Crippen LogP contribution >= 0.6 is 0 Å². The van der Waals surface area contributed by atoms with Gasteiger partial charge in [-0.1, -0.05) is 32.1 Å². The zero-order valence-electron chi connectivity index (χ0n) is 12.6. The lowest BCUT2D eigenvalue weighted by Gasteiger charge is -2.23. The lowest BCUT2D eigenvalue weighted by Crippen LogP contribution is -2.27. The molecule has 0 saturated heterocycles. The van der Waals surface area contributed by atoms with Gasteiger partial charge < -0.3 is 18.3 Å². The average Bonchev–Trinajstić information content (AvgIpc) is 2.45. The lowest BCUT2D eigenvalue weighted by atomic mass is 9.88. The van der Waals surface area contributed by atoms with E-state index >= 15 is 0 Å². The highest BCUT2D eigenvalue weighted by Gasteiger charge is 2.19. The van der Waals surface area contributed by atoms with Crippen LogP contribution in [0.4, 0.5) is 0 Å². The smallest absolute Gasteiger partial charge is 0.321 e. The summed E-state index contributed by atoms with van der Waals surface area (Å²) >= 11 is 0. The first kappa shape index (κ1) is 17.1. The zero-order valence-corrected chi connectivity index (χ0v) is 13.7. The van der Waals surface area contributed by atoms with Crippen molar-refractivity contribution in [3.8, 4) is 0 Å². The zero-order chi connectivity index (χ0) is 13.8. The fraction of sp³-hybridized carbons (Fsp3) is 1.00. The quantitative estimate of drug-likeness (QED) is 0.433. The molecule has 0 N–H and O–H groups in total. The fourth-order valence-electron chi connectivity index (χ4n) is 2.59. The van der Waals surface area contributed by atoms with Crippen molar-refractivity contribution in [3.63, 3.8) is 0 Å². The Morgan fingerprint density at radius 2 is 1.42 bits per heavy atom. The summed E-state index contributed by atoms with van der Waals surface area (Å²) < 4.78 is 21.8. The van der Waals surface area contributed by atoms with Crippen molar-refractivity contribution in [2.24, 2.45) is 5.92 Å². The van der Waals surface area contributed by atoms with Crippen LogP contribution in [0.5, 0.6) is 0 Å². The van der Waals surface area contributed by atoms with E-state index in [0.717, 1.165) is 12.0 Å². The molecule has 0 aliphatic heterocycles. The molecular weight excluding hydrogens is 260 g/mol. The van der Waals surface area contributed by atoms with Crippen molar-refractivity contribution in [1.29, 1.82) is 0 Å². The molecule has 0 heterocycles. The Balaban J connectivity index is 2.17. The van der Waals surface area contributed by atoms with Gasteiger partial charge in [-0.3, -0.25) is 0 Å². The summed E-state index contributed by atoms with van der Waals surface area (Å²) in [5.41, 5.74) is 0. The largest absolute Gasteiger partial charge is 0.394 e. The van der Waals surface area contributed by atoms with Crippen molar-refractivity contribution in [1.82, 2.24) is 0 Å². The summed E-state index contributed by atoms with van der Waals surface area (Å²) in [6.45, 7) is 2.62. The Hall–Kier alpha value is 0.0569. The third kappa shape index (κ3) is 8.76. The summed E-state index contributed by atoms with van der Waals surface area (Å²) in [5.74, 6) is 0.904. The van der Waals surface area contributed by atoms with Crippen LogP contribution in [-0.2, 0) is 18.3 Å². The van der Waals surface area contributed by atoms with E-state index in [2.05, 4.69) is 0 Å². The molecule has 1 fully saturated rings. The monoisotopic (exact) mass is 290 g/mol. The molecule has 114 valence electrons. The fourth-order valence-corrected chi connectivity index (χ4v) is 4.48. The topological polar surface area (TPSA) is 36.9 Å². The van der Waals surface area contributed by atoms with Gasteiger partial charge in [0.15, 0.2) is 0 Å². The van der Waals surface area contributed by atoms with E-state index in [4.69, 9.17) is 18.3 Å². The molecule has 0 radical (unpaired) electrons. The molecule has 1 aliphatic rings. The minimum absolute atomic E-state index is 0.653. The first-order valence-corrected chi connectivity index (χ1v) is 9.33. The van der Waals surface area contributed by atoms with Gasteiger partial charge in [-0.05, 0) is 18.4 Å². The number of hydrogen-bond donors (Lipinski definition) is 0. The number of ether oxygens (including phenoxy) is 2. The Bertz CT molecular complexity index is 188. The maximum Gasteiger partial charge on any atom is 0.321 e. The maximum absolute atomic E-state index is 5.86. The third-order valence-electron chi connectivity index (χ3n) is 3.72. The van der Waals surface area contributed by atoms with Crippen molar-refractivity contribution >= 4 is 9.28 Å². The van der Waals surface area contributed by atoms with Crippen molar-refractivity contribution in [2.45, 2.75) is 44.6 Å². The van der Waals surface area contributed by atoms with Gasteiger partial charge in [0.25, 0.3) is 0 Å². The molecule has 0 aromatic carbocycles. The first-order valence-electron chi connectivity index (χ1n) is 7.58. The van der Waals surface area contributed by atoms with E-state index in [1.54, 1.807) is 14.2 Å². The summed E-state index contributed by atoms with van der Waals surface area (Å²) in [7, 11) is 1.88. The molecule has 0 amide bonds. The van der Waals surface area contributed by atoms with Gasteiger partial charge in [0.2, 0.25) is 0 Å². The lowest BCUT2D eigenvalue weighted by molar-refractivity contribution is 0.0987. The van der Waals surface area contributed by atoms with E-state index in [1.165, 1.54) is 38.5 Å². The second-order valence-electron chi connectivity index (χ2n) is 5.24. The first-order chi connectivity index (χ1) is 9.36. The van der Waals surface area contributed by atoms with Gasteiger partial charge in [0, 0.05) is 14.2 Å². The second kappa shape index (κ2) is 11.8. The number of hydrogen-bond acceptors (Lipinski definition) is 4. The molecule has 0 spiro atoms. The highest BCUT2D eigenvalue weighted by molar-refractivity contribution is 6.44. The van der Waals surface area contributed by atoms with Gasteiger partial charge >= 0.3 is 9.28 Å². The Morgan fingerprint density at radius 1 is 0.842 bits per heavy atom. The molecule has 4 nitrogen and oxygen atoms in total. The van der Waals surface area contributed by atoms with E-state index in [9.17, 15) is 0 Å². The summed E-state index contributed by atoms with van der Waals surface area (Å²) in [5, 5.41) is 0. The molecule has 1 rings (SSSR count). The van der Waals surface area contributed by atoms with Crippen LogP contribution in [0.1, 0.15) is 38.5 Å². The van der Waals surface area contributed by atoms with E-state index < -0.39 is 9.28 Å². The normalized spacial score (nSPS) is 17.2. The second-order valence-corrected chi connectivity index (χ2v) is 7.34. The van der Waals surface area contributed by atoms with Crippen LogP contribution in [0.3, 0.4) is 0 Å². The highest BCUT2D eigenvalue weighted by atomic mass is 28.3. The Kier molecular flexibility index (Phi) is 10.7. The van der Waals surface area contributed by atoms with Gasteiger partial charge in [0.05, 0.1) is 26.4 Å². The van der Waals surface area contributed by atoms with Crippen LogP contribution in [0, 0.1) is 5.92 Å². The average molecular weight is 290 g/mol. The molecule has 0 aromatic rings. The van der Waals surface area contributed by atoms with Crippen LogP contribution in [-0.4, -0.2) is 49.9 Å². The molecule has 0 aromatic heterocycles. The molecule has 5 heteroatoms. The molecular formula is C14H30O4Si. The molecule has 1 aliphatic carbocycles. The summed E-state index contributed by atoms with van der Waals surface area (Å²) in [4.78, 5) is 0. The summed E-state index contributed by atoms with van der Waals surface area (Å²) in [6.07, 6.45) is 8.31. The van der Waals surface area contributed by atoms with Gasteiger partial charge in [-0.2, -0.15) is 0 Å². The third-order valence-corrected chi connectivity index (χ3v) is 5.74. The minimum atomic E-state index is -1.53. The Labute approximate surface area is 119 Å². The highest BCUT2D eigenvalue weighted by Crippen LogP contribution is 2.28. The predicted octanol–water partition coefficient (Wildman–Crippen LogP) is 2.50. The van der Waals surface area contributed by atoms with E-state index in [0.29, 0.717) is 26.4 Å². The Morgan fingerprint density at radius 3 is 1.95 bits per heavy atom. The van der Waals surface area contributed by atoms with Crippen molar-refractivity contribution < 1.29 is 18.3 Å². The van der Waals surface area contributed by atoms with Gasteiger partial charge in [-0.15, -0.1) is 0 Å². The van der Waals surface area contributed by atoms with Crippen molar-refractivity contribution in [3.05, 3.63) is 0 Å². The van der Waals surface area contributed by atoms with E-state index in [1.807, 2.05) is 0 Å². The van der Waals surface area contributed by atoms with E-state index in [-0.39, 0.29) is 0 Å². The van der Waals surface area contributed by atoms with Crippen LogP contribution in [0.25, 0.3) is 0 Å².